The molecule has 0 unspecified atom stereocenters. The Bertz CT molecular complexity index is 749. The van der Waals surface area contributed by atoms with Crippen molar-refractivity contribution in [3.63, 3.8) is 0 Å². The zero-order chi connectivity index (χ0) is 20.5. The van der Waals surface area contributed by atoms with Crippen LogP contribution < -0.4 is 14.8 Å². The van der Waals surface area contributed by atoms with Crippen LogP contribution in [-0.4, -0.2) is 70.7 Å². The van der Waals surface area contributed by atoms with Gasteiger partial charge in [0.05, 0.1) is 13.3 Å². The summed E-state index contributed by atoms with van der Waals surface area (Å²) in [5.74, 6) is 3.62. The third kappa shape index (κ3) is 6.92. The number of methoxy groups -OCH3 is 1. The molecular formula is C21H32N4O3S. The maximum absolute atomic E-state index is 10.3. The molecule has 0 spiro atoms. The van der Waals surface area contributed by atoms with Crippen LogP contribution in [-0.2, 0) is 19.6 Å². The summed E-state index contributed by atoms with van der Waals surface area (Å²) in [7, 11) is 1.64. The van der Waals surface area contributed by atoms with Crippen molar-refractivity contribution in [1.82, 2.24) is 20.0 Å². The molecule has 1 saturated heterocycles. The van der Waals surface area contributed by atoms with Crippen molar-refractivity contribution < 1.29 is 14.6 Å². The molecule has 1 aromatic carbocycles. The lowest BCUT2D eigenvalue weighted by Gasteiger charge is -2.28. The van der Waals surface area contributed by atoms with Crippen LogP contribution in [0.25, 0.3) is 0 Å². The average Bonchev–Trinajstić information content (AvgIpc) is 3.21. The fraction of sp³-hybridized carbons (Fsp3) is 0.571. The highest BCUT2D eigenvalue weighted by Crippen LogP contribution is 2.28. The number of hydrogen-bond acceptors (Lipinski definition) is 7. The van der Waals surface area contributed by atoms with Gasteiger partial charge in [-0.25, -0.2) is 0 Å². The molecule has 1 fully saturated rings. The van der Waals surface area contributed by atoms with Gasteiger partial charge in [-0.2, -0.15) is 16.9 Å². The minimum atomic E-state index is -0.506. The molecule has 2 N–H and O–H groups in total. The summed E-state index contributed by atoms with van der Waals surface area (Å²) in [5.41, 5.74) is 2.28. The van der Waals surface area contributed by atoms with Gasteiger partial charge in [0.2, 0.25) is 0 Å². The highest BCUT2D eigenvalue weighted by molar-refractivity contribution is 7.99. The summed E-state index contributed by atoms with van der Waals surface area (Å²) in [4.78, 5) is 2.29. The van der Waals surface area contributed by atoms with Crippen molar-refractivity contribution in [2.45, 2.75) is 32.7 Å². The molecule has 2 aromatic rings. The van der Waals surface area contributed by atoms with Gasteiger partial charge in [-0.1, -0.05) is 6.07 Å². The lowest BCUT2D eigenvalue weighted by Crippen LogP contribution is -2.40. The second-order valence-electron chi connectivity index (χ2n) is 7.17. The second-order valence-corrected chi connectivity index (χ2v) is 8.40. The van der Waals surface area contributed by atoms with Gasteiger partial charge in [0.25, 0.3) is 0 Å². The molecular weight excluding hydrogens is 388 g/mol. The Morgan fingerprint density at radius 3 is 2.72 bits per heavy atom. The van der Waals surface area contributed by atoms with Gasteiger partial charge < -0.3 is 19.9 Å². The van der Waals surface area contributed by atoms with E-state index in [1.807, 2.05) is 40.8 Å². The molecule has 7 nitrogen and oxygen atoms in total. The smallest absolute Gasteiger partial charge is 0.161 e. The molecule has 0 bridgehead atoms. The number of benzene rings is 1. The largest absolute Gasteiger partial charge is 0.493 e. The predicted molar refractivity (Wildman–Crippen MR) is 117 cm³/mol. The zero-order valence-corrected chi connectivity index (χ0v) is 18.2. The fourth-order valence-corrected chi connectivity index (χ4v) is 4.26. The summed E-state index contributed by atoms with van der Waals surface area (Å²) in [5, 5.41) is 18.0. The van der Waals surface area contributed by atoms with Crippen LogP contribution in [0.4, 0.5) is 0 Å². The Morgan fingerprint density at radius 2 is 2.00 bits per heavy atom. The molecule has 1 atom stereocenters. The molecule has 0 aliphatic carbocycles. The van der Waals surface area contributed by atoms with E-state index in [1.54, 1.807) is 7.11 Å². The van der Waals surface area contributed by atoms with Crippen LogP contribution in [0.15, 0.2) is 30.6 Å². The van der Waals surface area contributed by atoms with Crippen LogP contribution in [0.1, 0.15) is 18.1 Å². The minimum Gasteiger partial charge on any atom is -0.493 e. The van der Waals surface area contributed by atoms with E-state index in [-0.39, 0.29) is 6.61 Å². The number of nitrogens with one attached hydrogen (secondary N) is 1. The lowest BCUT2D eigenvalue weighted by molar-refractivity contribution is 0.0705. The molecule has 29 heavy (non-hydrogen) atoms. The van der Waals surface area contributed by atoms with Crippen LogP contribution in [0.5, 0.6) is 11.5 Å². The Hall–Kier alpha value is -1.74. The number of rotatable bonds is 11. The summed E-state index contributed by atoms with van der Waals surface area (Å²) >= 11 is 1.97. The van der Waals surface area contributed by atoms with E-state index in [1.165, 1.54) is 5.56 Å². The van der Waals surface area contributed by atoms with Crippen molar-refractivity contribution in [3.8, 4) is 11.5 Å². The van der Waals surface area contributed by atoms with E-state index >= 15 is 0 Å². The maximum atomic E-state index is 10.3. The Labute approximate surface area is 177 Å². The number of β-amino-alcohol motifs (C(OH)–C–C–N with tert-alkyl or cyclic N) is 1. The molecule has 0 amide bonds. The standard InChI is InChI=1S/C21H32N4O3S/c1-3-25-14-18(13-23-25)12-22-11-17-4-5-20(21(10-17)27-2)28-16-19(26)15-24-6-8-29-9-7-24/h4-5,10,13-14,19,22,26H,3,6-9,11-12,15-16H2,1-2H3/t19-/m0/s1. The number of aryl methyl sites for hydroxylation is 1. The Morgan fingerprint density at radius 1 is 1.21 bits per heavy atom. The van der Waals surface area contributed by atoms with E-state index < -0.39 is 6.10 Å². The number of aliphatic hydroxyl groups excluding tert-OH is 1. The second kappa shape index (κ2) is 11.4. The van der Waals surface area contributed by atoms with E-state index in [0.29, 0.717) is 18.0 Å². The predicted octanol–water partition coefficient (Wildman–Crippen LogP) is 1.99. The maximum Gasteiger partial charge on any atom is 0.161 e. The summed E-state index contributed by atoms with van der Waals surface area (Å²) in [6.07, 6.45) is 3.44. The molecule has 8 heteroatoms. The van der Waals surface area contributed by atoms with Gasteiger partial charge in [-0.3, -0.25) is 9.58 Å². The third-order valence-electron chi connectivity index (χ3n) is 4.90. The topological polar surface area (TPSA) is 71.8 Å². The molecule has 0 saturated carbocycles. The molecule has 160 valence electrons. The van der Waals surface area contributed by atoms with Crippen molar-refractivity contribution >= 4 is 11.8 Å². The zero-order valence-electron chi connectivity index (χ0n) is 17.3. The van der Waals surface area contributed by atoms with Crippen LogP contribution in [0.2, 0.25) is 0 Å². The van der Waals surface area contributed by atoms with E-state index in [4.69, 9.17) is 9.47 Å². The first-order chi connectivity index (χ1) is 14.2. The number of hydrogen-bond donors (Lipinski definition) is 2. The average molecular weight is 421 g/mol. The fourth-order valence-electron chi connectivity index (χ4n) is 3.28. The van der Waals surface area contributed by atoms with Crippen LogP contribution in [0.3, 0.4) is 0 Å². The number of nitrogens with zero attached hydrogens (tertiary/aromatic N) is 3. The lowest BCUT2D eigenvalue weighted by atomic mass is 10.2. The van der Waals surface area contributed by atoms with E-state index in [0.717, 1.165) is 49.8 Å². The first kappa shape index (κ1) is 22.0. The summed E-state index contributed by atoms with van der Waals surface area (Å²) < 4.78 is 13.2. The molecule has 1 aliphatic heterocycles. The molecule has 2 heterocycles. The van der Waals surface area contributed by atoms with Gasteiger partial charge in [0.1, 0.15) is 12.7 Å². The van der Waals surface area contributed by atoms with Crippen molar-refractivity contribution in [2.75, 3.05) is 44.9 Å². The first-order valence-corrected chi connectivity index (χ1v) is 11.3. The highest BCUT2D eigenvalue weighted by Gasteiger charge is 2.16. The third-order valence-corrected chi connectivity index (χ3v) is 5.84. The monoisotopic (exact) mass is 420 g/mol. The van der Waals surface area contributed by atoms with Gasteiger partial charge in [0, 0.05) is 62.5 Å². The summed E-state index contributed by atoms with van der Waals surface area (Å²) in [6.45, 7) is 7.43. The van der Waals surface area contributed by atoms with Crippen LogP contribution in [0, 0.1) is 0 Å². The molecule has 1 aliphatic rings. The number of ether oxygens (including phenoxy) is 2. The molecule has 0 radical (unpaired) electrons. The van der Waals surface area contributed by atoms with E-state index in [2.05, 4.69) is 28.4 Å². The van der Waals surface area contributed by atoms with Gasteiger partial charge >= 0.3 is 0 Å². The van der Waals surface area contributed by atoms with Crippen molar-refractivity contribution in [2.24, 2.45) is 0 Å². The van der Waals surface area contributed by atoms with Crippen LogP contribution >= 0.6 is 11.8 Å². The van der Waals surface area contributed by atoms with E-state index in [9.17, 15) is 5.11 Å². The number of aromatic nitrogens is 2. The normalized spacial score (nSPS) is 16.0. The molecule has 1 aromatic heterocycles. The highest BCUT2D eigenvalue weighted by atomic mass is 32.2. The van der Waals surface area contributed by atoms with Gasteiger partial charge in [-0.05, 0) is 24.6 Å². The van der Waals surface area contributed by atoms with Gasteiger partial charge in [-0.15, -0.1) is 0 Å². The Kier molecular flexibility index (Phi) is 8.67. The summed E-state index contributed by atoms with van der Waals surface area (Å²) in [6, 6.07) is 5.91. The number of thioether (sulfide) groups is 1. The Balaban J connectivity index is 1.46. The quantitative estimate of drug-likeness (QED) is 0.576. The molecule has 3 rings (SSSR count). The van der Waals surface area contributed by atoms with Crippen molar-refractivity contribution in [1.29, 1.82) is 0 Å². The first-order valence-electron chi connectivity index (χ1n) is 10.2. The SMILES string of the molecule is CCn1cc(CNCc2ccc(OC[C@@H](O)CN3CCSCC3)c(OC)c2)cn1. The van der Waals surface area contributed by atoms with Crippen molar-refractivity contribution in [3.05, 3.63) is 41.7 Å². The van der Waals surface area contributed by atoms with Gasteiger partial charge in [0.15, 0.2) is 11.5 Å². The number of aliphatic hydroxyl groups is 1. The minimum absolute atomic E-state index is 0.263.